The highest BCUT2D eigenvalue weighted by Gasteiger charge is 2.28. The van der Waals surface area contributed by atoms with Gasteiger partial charge in [0.15, 0.2) is 0 Å². The van der Waals surface area contributed by atoms with Gasteiger partial charge in [0.05, 0.1) is 0 Å². The average Bonchev–Trinajstić information content (AvgIpc) is 2.66. The lowest BCUT2D eigenvalue weighted by Crippen LogP contribution is -2.53. The van der Waals surface area contributed by atoms with E-state index in [0.717, 1.165) is 5.56 Å². The van der Waals surface area contributed by atoms with E-state index in [1.807, 2.05) is 6.07 Å². The molecule has 184 valence electrons. The zero-order chi connectivity index (χ0) is 24.4. The lowest BCUT2D eigenvalue weighted by molar-refractivity contribution is -0.158. The van der Waals surface area contributed by atoms with Gasteiger partial charge in [-0.05, 0) is 53.5 Å². The highest BCUT2D eigenvalue weighted by Crippen LogP contribution is 2.13. The number of amides is 3. The molecule has 10 nitrogen and oxygen atoms in total. The number of ether oxygens (including phenoxy) is 3. The van der Waals surface area contributed by atoms with Crippen LogP contribution in [0.3, 0.4) is 0 Å². The van der Waals surface area contributed by atoms with Gasteiger partial charge >= 0.3 is 24.1 Å². The maximum absolute atomic E-state index is 12.5. The van der Waals surface area contributed by atoms with Crippen molar-refractivity contribution in [2.24, 2.45) is 0 Å². The average molecular weight is 458 g/mol. The number of rotatable bonds is 7. The summed E-state index contributed by atoms with van der Waals surface area (Å²) in [4.78, 5) is 48.4. The number of hydrogen-bond acceptors (Lipinski definition) is 7. The minimum absolute atomic E-state index is 0. The van der Waals surface area contributed by atoms with Gasteiger partial charge in [0.25, 0.3) is 0 Å². The predicted molar refractivity (Wildman–Crippen MR) is 122 cm³/mol. The van der Waals surface area contributed by atoms with Gasteiger partial charge in [-0.2, -0.15) is 0 Å². The molecule has 1 aromatic rings. The maximum Gasteiger partial charge on any atom is 0.426 e. The zero-order valence-corrected chi connectivity index (χ0v) is 19.4. The Bertz CT molecular complexity index is 798. The van der Waals surface area contributed by atoms with Crippen LogP contribution in [-0.4, -0.2) is 41.3 Å². The number of hydrazine groups is 1. The van der Waals surface area contributed by atoms with E-state index < -0.39 is 41.3 Å². The summed E-state index contributed by atoms with van der Waals surface area (Å²) in [5.41, 5.74) is 3.48. The molecule has 0 aliphatic carbocycles. The Morgan fingerprint density at radius 1 is 0.906 bits per heavy atom. The Morgan fingerprint density at radius 2 is 1.50 bits per heavy atom. The molecular formula is C22H39N3O7. The Balaban J connectivity index is -0.00000341. The topological polar surface area (TPSA) is 132 Å². The molecule has 0 aliphatic rings. The molecule has 0 aromatic heterocycles. The number of urea groups is 1. The van der Waals surface area contributed by atoms with Gasteiger partial charge in [-0.25, -0.2) is 25.2 Å². The molecule has 32 heavy (non-hydrogen) atoms. The Hall–Kier alpha value is -3.30. The van der Waals surface area contributed by atoms with Gasteiger partial charge in [-0.3, -0.25) is 4.79 Å². The summed E-state index contributed by atoms with van der Waals surface area (Å²) in [6.45, 7) is 10.2. The van der Waals surface area contributed by atoms with Crippen molar-refractivity contribution in [1.29, 1.82) is 0 Å². The third kappa shape index (κ3) is 12.4. The molecule has 0 saturated carbocycles. The number of nitrogens with one attached hydrogen (secondary N) is 3. The monoisotopic (exact) mass is 457 g/mol. The van der Waals surface area contributed by atoms with E-state index in [9.17, 15) is 19.2 Å². The molecule has 0 heterocycles. The highest BCUT2D eigenvalue weighted by molar-refractivity contribution is 5.85. The second-order valence-electron chi connectivity index (χ2n) is 9.00. The van der Waals surface area contributed by atoms with Crippen molar-refractivity contribution in [3.8, 4) is 0 Å². The van der Waals surface area contributed by atoms with Crippen LogP contribution in [0.15, 0.2) is 30.3 Å². The summed E-state index contributed by atoms with van der Waals surface area (Å²) in [5.74, 6) is -1.24. The molecule has 0 radical (unpaired) electrons. The molecule has 10 heteroatoms. The fourth-order valence-corrected chi connectivity index (χ4v) is 2.34. The normalized spacial score (nSPS) is 12.2. The van der Waals surface area contributed by atoms with Crippen LogP contribution in [0.4, 0.5) is 9.59 Å². The van der Waals surface area contributed by atoms with Crippen LogP contribution in [0, 0.1) is 0 Å². The van der Waals surface area contributed by atoms with Crippen LogP contribution < -0.4 is 16.2 Å². The first-order chi connectivity index (χ1) is 14.7. The smallest absolute Gasteiger partial charge is 0.426 e. The number of carbonyl (C=O) groups excluding carboxylic acids is 4. The first-order valence-corrected chi connectivity index (χ1v) is 10.2. The largest absolute Gasteiger partial charge is 0.460 e. The maximum atomic E-state index is 12.5. The summed E-state index contributed by atoms with van der Waals surface area (Å²) in [6.07, 6.45) is -1.05. The molecule has 0 fully saturated rings. The fraction of sp³-hybridized carbons (Fsp3) is 0.545. The first kappa shape index (κ1) is 26.7. The Kier molecular flexibility index (Phi) is 9.96. The Morgan fingerprint density at radius 3 is 2.06 bits per heavy atom. The molecule has 0 spiro atoms. The zero-order valence-electron chi connectivity index (χ0n) is 19.4. The van der Waals surface area contributed by atoms with Crippen molar-refractivity contribution >= 4 is 24.1 Å². The molecule has 0 unspecified atom stereocenters. The standard InChI is InChI=1S/C22H33N3O7.3H2/c1-21(2,3)31-17(26)13-12-16(18(27)32-22(4,5)6)23-19(28)24-25-20(29)30-14-15-10-8-7-9-11-15;;;/h7-11,16H,12-14H2,1-6H3,(H,25,29)(H2,23,24,28);3*1H/t16-;;;/m0.../s1. The third-order valence-electron chi connectivity index (χ3n) is 3.54. The van der Waals surface area contributed by atoms with Crippen molar-refractivity contribution < 1.29 is 37.7 Å². The van der Waals surface area contributed by atoms with Gasteiger partial charge in [0.2, 0.25) is 0 Å². The minimum Gasteiger partial charge on any atom is -0.460 e. The lowest BCUT2D eigenvalue weighted by atomic mass is 10.1. The van der Waals surface area contributed by atoms with Crippen LogP contribution in [-0.2, 0) is 30.4 Å². The van der Waals surface area contributed by atoms with Crippen molar-refractivity contribution in [3.63, 3.8) is 0 Å². The third-order valence-corrected chi connectivity index (χ3v) is 3.54. The molecule has 0 saturated heterocycles. The van der Waals surface area contributed by atoms with E-state index in [4.69, 9.17) is 14.2 Å². The van der Waals surface area contributed by atoms with E-state index in [0.29, 0.717) is 0 Å². The number of hydrogen-bond donors (Lipinski definition) is 3. The molecule has 3 N–H and O–H groups in total. The number of benzene rings is 1. The molecule has 1 rings (SSSR count). The summed E-state index contributed by atoms with van der Waals surface area (Å²) >= 11 is 0. The van der Waals surface area contributed by atoms with Gasteiger partial charge < -0.3 is 19.5 Å². The van der Waals surface area contributed by atoms with Gasteiger partial charge in [0.1, 0.15) is 23.9 Å². The van der Waals surface area contributed by atoms with Crippen molar-refractivity contribution in [1.82, 2.24) is 16.2 Å². The predicted octanol–water partition coefficient (Wildman–Crippen LogP) is 3.70. The van der Waals surface area contributed by atoms with Crippen molar-refractivity contribution in [2.45, 2.75) is 78.2 Å². The Labute approximate surface area is 192 Å². The van der Waals surface area contributed by atoms with E-state index in [-0.39, 0.29) is 23.7 Å². The van der Waals surface area contributed by atoms with Crippen molar-refractivity contribution in [3.05, 3.63) is 35.9 Å². The van der Waals surface area contributed by atoms with Gasteiger partial charge in [0, 0.05) is 10.7 Å². The summed E-state index contributed by atoms with van der Waals surface area (Å²) in [6, 6.07) is 6.99. The second-order valence-corrected chi connectivity index (χ2v) is 9.00. The van der Waals surface area contributed by atoms with E-state index in [1.165, 1.54) is 0 Å². The first-order valence-electron chi connectivity index (χ1n) is 10.2. The number of esters is 2. The van der Waals surface area contributed by atoms with Gasteiger partial charge in [-0.15, -0.1) is 0 Å². The molecular weight excluding hydrogens is 418 g/mol. The quantitative estimate of drug-likeness (QED) is 0.323. The molecule has 1 aromatic carbocycles. The van der Waals surface area contributed by atoms with Crippen LogP contribution in [0.1, 0.15) is 64.2 Å². The number of carbonyl (C=O) groups is 4. The summed E-state index contributed by atoms with van der Waals surface area (Å²) in [5, 5.41) is 2.38. The van der Waals surface area contributed by atoms with Crippen LogP contribution in [0.2, 0.25) is 0 Å². The highest BCUT2D eigenvalue weighted by atomic mass is 16.6. The van der Waals surface area contributed by atoms with E-state index in [2.05, 4.69) is 16.2 Å². The van der Waals surface area contributed by atoms with E-state index >= 15 is 0 Å². The lowest BCUT2D eigenvalue weighted by Gasteiger charge is -2.25. The van der Waals surface area contributed by atoms with Crippen molar-refractivity contribution in [2.75, 3.05) is 0 Å². The van der Waals surface area contributed by atoms with Crippen LogP contribution in [0.5, 0.6) is 0 Å². The summed E-state index contributed by atoms with van der Waals surface area (Å²) in [7, 11) is 0. The molecule has 1 atom stereocenters. The SMILES string of the molecule is CC(C)(C)OC(=O)CC[C@H](NC(=O)NNC(=O)OCc1ccccc1)C(=O)OC(C)(C)C.[HH].[HH].[HH]. The van der Waals surface area contributed by atoms with Crippen LogP contribution >= 0.6 is 0 Å². The second kappa shape index (κ2) is 11.9. The molecule has 0 aliphatic heterocycles. The van der Waals surface area contributed by atoms with E-state index in [1.54, 1.807) is 65.8 Å². The van der Waals surface area contributed by atoms with Crippen LogP contribution in [0.25, 0.3) is 0 Å². The van der Waals surface area contributed by atoms with Gasteiger partial charge in [-0.1, -0.05) is 30.3 Å². The fourth-order valence-electron chi connectivity index (χ4n) is 2.34. The summed E-state index contributed by atoms with van der Waals surface area (Å²) < 4.78 is 15.5. The minimum atomic E-state index is -1.14. The molecule has 3 amide bonds. The molecule has 0 bridgehead atoms.